The number of hydrogen-bond acceptors (Lipinski definition) is 4. The Morgan fingerprint density at radius 3 is 2.68 bits per heavy atom. The van der Waals surface area contributed by atoms with Gasteiger partial charge in [-0.05, 0) is 44.2 Å². The average molecular weight is 388 g/mol. The second-order valence-corrected chi connectivity index (χ2v) is 6.58. The van der Waals surface area contributed by atoms with E-state index in [0.717, 1.165) is 17.0 Å². The van der Waals surface area contributed by atoms with Crippen LogP contribution in [-0.2, 0) is 6.18 Å². The van der Waals surface area contributed by atoms with E-state index in [9.17, 15) is 18.0 Å². The molecule has 4 aromatic rings. The first kappa shape index (κ1) is 18.0. The molecule has 2 N–H and O–H groups in total. The fraction of sp³-hybridized carbons (Fsp3) is 0.222. The Morgan fingerprint density at radius 2 is 1.96 bits per heavy atom. The molecular formula is C18H15F3N6O. The lowest BCUT2D eigenvalue weighted by Gasteiger charge is -2.12. The van der Waals surface area contributed by atoms with Gasteiger partial charge in [0.15, 0.2) is 5.65 Å². The summed E-state index contributed by atoms with van der Waals surface area (Å²) in [6.07, 6.45) is -3.03. The first-order valence-corrected chi connectivity index (χ1v) is 8.45. The quantitative estimate of drug-likeness (QED) is 0.563. The summed E-state index contributed by atoms with van der Waals surface area (Å²) in [5.41, 5.74) is 0.296. The van der Waals surface area contributed by atoms with Crippen molar-refractivity contribution >= 4 is 28.0 Å². The molecule has 4 rings (SSSR count). The number of carbonyl (C=O) groups excluding carboxylic acids is 1. The minimum Gasteiger partial charge on any atom is -0.347 e. The van der Waals surface area contributed by atoms with E-state index < -0.39 is 17.8 Å². The van der Waals surface area contributed by atoms with Gasteiger partial charge in [0.05, 0.1) is 17.4 Å². The summed E-state index contributed by atoms with van der Waals surface area (Å²) in [6, 6.07) is 6.98. The number of halogens is 3. The molecule has 0 aliphatic carbocycles. The largest absolute Gasteiger partial charge is 0.433 e. The van der Waals surface area contributed by atoms with Crippen molar-refractivity contribution < 1.29 is 18.0 Å². The molecule has 0 atom stereocenters. The molecule has 144 valence electrons. The van der Waals surface area contributed by atoms with Crippen molar-refractivity contribution in [3.63, 3.8) is 0 Å². The van der Waals surface area contributed by atoms with E-state index in [1.54, 1.807) is 38.2 Å². The predicted octanol–water partition coefficient (Wildman–Crippen LogP) is 3.45. The number of imidazole rings is 1. The van der Waals surface area contributed by atoms with Gasteiger partial charge < -0.3 is 5.32 Å². The number of rotatable bonds is 3. The minimum absolute atomic E-state index is 0.0432. The minimum atomic E-state index is -4.61. The van der Waals surface area contributed by atoms with Crippen LogP contribution in [0, 0.1) is 0 Å². The van der Waals surface area contributed by atoms with Gasteiger partial charge in [-0.1, -0.05) is 0 Å². The van der Waals surface area contributed by atoms with Crippen molar-refractivity contribution in [2.24, 2.45) is 0 Å². The molecule has 0 spiro atoms. The van der Waals surface area contributed by atoms with Crippen molar-refractivity contribution in [2.75, 3.05) is 0 Å². The molecule has 0 aliphatic heterocycles. The molecule has 0 aliphatic rings. The molecule has 0 saturated heterocycles. The number of aromatic nitrogens is 5. The number of fused-ring (bicyclic) bond motifs is 2. The van der Waals surface area contributed by atoms with Gasteiger partial charge >= 0.3 is 6.18 Å². The molecule has 3 heterocycles. The molecule has 3 aromatic heterocycles. The summed E-state index contributed by atoms with van der Waals surface area (Å²) in [7, 11) is 0. The Hall–Kier alpha value is -3.43. The van der Waals surface area contributed by atoms with Crippen LogP contribution in [0.4, 0.5) is 13.2 Å². The van der Waals surface area contributed by atoms with E-state index in [1.165, 1.54) is 10.6 Å². The molecular weight excluding hydrogens is 373 g/mol. The number of alkyl halides is 3. The number of benzene rings is 1. The molecule has 1 aromatic carbocycles. The summed E-state index contributed by atoms with van der Waals surface area (Å²) in [5.74, 6) is -0.549. The molecule has 0 unspecified atom stereocenters. The number of pyridine rings is 1. The van der Waals surface area contributed by atoms with Crippen molar-refractivity contribution in [3.8, 4) is 5.69 Å². The second-order valence-electron chi connectivity index (χ2n) is 6.58. The summed E-state index contributed by atoms with van der Waals surface area (Å²) < 4.78 is 40.8. The smallest absolute Gasteiger partial charge is 0.347 e. The topological polar surface area (TPSA) is 88.5 Å². The van der Waals surface area contributed by atoms with Crippen molar-refractivity contribution in [3.05, 3.63) is 48.0 Å². The number of amides is 1. The lowest BCUT2D eigenvalue weighted by Crippen LogP contribution is -2.32. The Bertz CT molecular complexity index is 1190. The van der Waals surface area contributed by atoms with Crippen LogP contribution in [0.5, 0.6) is 0 Å². The number of hydrogen-bond donors (Lipinski definition) is 2. The summed E-state index contributed by atoms with van der Waals surface area (Å²) >= 11 is 0. The third-order valence-electron chi connectivity index (χ3n) is 4.10. The van der Waals surface area contributed by atoms with Crippen LogP contribution >= 0.6 is 0 Å². The number of nitrogens with one attached hydrogen (secondary N) is 2. The molecule has 0 bridgehead atoms. The monoisotopic (exact) mass is 388 g/mol. The Labute approximate surface area is 156 Å². The highest BCUT2D eigenvalue weighted by Gasteiger charge is 2.33. The lowest BCUT2D eigenvalue weighted by molar-refractivity contribution is -0.141. The zero-order chi connectivity index (χ0) is 20.1. The highest BCUT2D eigenvalue weighted by atomic mass is 19.4. The van der Waals surface area contributed by atoms with E-state index >= 15 is 0 Å². The second kappa shape index (κ2) is 6.32. The molecule has 0 radical (unpaired) electrons. The maximum Gasteiger partial charge on any atom is 0.433 e. The van der Waals surface area contributed by atoms with Gasteiger partial charge in [0.2, 0.25) is 5.82 Å². The van der Waals surface area contributed by atoms with E-state index in [2.05, 4.69) is 25.5 Å². The van der Waals surface area contributed by atoms with Gasteiger partial charge in [-0.3, -0.25) is 14.5 Å². The Balaban J connectivity index is 1.99. The fourth-order valence-electron chi connectivity index (χ4n) is 2.91. The van der Waals surface area contributed by atoms with Crippen LogP contribution in [0.1, 0.15) is 30.2 Å². The zero-order valence-corrected chi connectivity index (χ0v) is 14.9. The molecule has 10 heteroatoms. The first-order chi connectivity index (χ1) is 13.2. The number of aromatic amines is 1. The van der Waals surface area contributed by atoms with E-state index in [0.29, 0.717) is 5.69 Å². The molecule has 0 saturated carbocycles. The fourth-order valence-corrected chi connectivity index (χ4v) is 2.91. The van der Waals surface area contributed by atoms with Gasteiger partial charge in [0.25, 0.3) is 5.91 Å². The van der Waals surface area contributed by atoms with Crippen molar-refractivity contribution in [1.29, 1.82) is 0 Å². The van der Waals surface area contributed by atoms with Crippen LogP contribution in [0.15, 0.2) is 36.5 Å². The van der Waals surface area contributed by atoms with Gasteiger partial charge in [-0.25, -0.2) is 9.97 Å². The highest BCUT2D eigenvalue weighted by Crippen LogP contribution is 2.30. The van der Waals surface area contributed by atoms with Gasteiger partial charge in [-0.2, -0.15) is 18.3 Å². The molecule has 7 nitrogen and oxygen atoms in total. The van der Waals surface area contributed by atoms with Crippen LogP contribution in [0.3, 0.4) is 0 Å². The van der Waals surface area contributed by atoms with Crippen molar-refractivity contribution in [2.45, 2.75) is 26.1 Å². The number of H-pyrrole nitrogens is 1. The van der Waals surface area contributed by atoms with E-state index in [-0.39, 0.29) is 23.0 Å². The van der Waals surface area contributed by atoms with Crippen molar-refractivity contribution in [1.82, 2.24) is 30.0 Å². The SMILES string of the molecule is CC(C)NC(=O)c1nc2ccc(C(F)(F)F)nc2n1-c1ccc2[nH]ncc2c1. The number of nitrogens with zero attached hydrogens (tertiary/aromatic N) is 4. The first-order valence-electron chi connectivity index (χ1n) is 8.45. The van der Waals surface area contributed by atoms with Crippen LogP contribution in [0.2, 0.25) is 0 Å². The van der Waals surface area contributed by atoms with E-state index in [4.69, 9.17) is 0 Å². The third-order valence-corrected chi connectivity index (χ3v) is 4.10. The molecule has 0 fully saturated rings. The van der Waals surface area contributed by atoms with E-state index in [1.807, 2.05) is 0 Å². The van der Waals surface area contributed by atoms with Gasteiger partial charge in [0, 0.05) is 11.4 Å². The van der Waals surface area contributed by atoms with Crippen LogP contribution in [-0.4, -0.2) is 36.7 Å². The maximum absolute atomic E-state index is 13.2. The number of carbonyl (C=O) groups is 1. The lowest BCUT2D eigenvalue weighted by atomic mass is 10.2. The Kier molecular flexibility index (Phi) is 4.06. The average Bonchev–Trinajstić information content (AvgIpc) is 3.23. The standard InChI is InChI=1S/C18H15F3N6O/c1-9(2)23-17(28)16-24-13-5-6-14(18(19,20)21)25-15(13)27(16)11-3-4-12-10(7-11)8-22-26-12/h3-9H,1-2H3,(H,22,26)(H,23,28). The molecule has 1 amide bonds. The zero-order valence-electron chi connectivity index (χ0n) is 14.9. The van der Waals surface area contributed by atoms with Crippen LogP contribution in [0.25, 0.3) is 27.8 Å². The Morgan fingerprint density at radius 1 is 1.18 bits per heavy atom. The summed E-state index contributed by atoms with van der Waals surface area (Å²) in [5, 5.41) is 10.2. The van der Waals surface area contributed by atoms with Gasteiger partial charge in [-0.15, -0.1) is 0 Å². The summed E-state index contributed by atoms with van der Waals surface area (Å²) in [6.45, 7) is 3.56. The highest BCUT2D eigenvalue weighted by molar-refractivity contribution is 5.96. The summed E-state index contributed by atoms with van der Waals surface area (Å²) in [4.78, 5) is 20.6. The van der Waals surface area contributed by atoms with Gasteiger partial charge in [0.1, 0.15) is 11.2 Å². The predicted molar refractivity (Wildman–Crippen MR) is 96.1 cm³/mol. The van der Waals surface area contributed by atoms with Crippen LogP contribution < -0.4 is 5.32 Å². The molecule has 28 heavy (non-hydrogen) atoms. The third kappa shape index (κ3) is 3.06. The maximum atomic E-state index is 13.2. The normalized spacial score (nSPS) is 12.2.